The molecule has 3 saturated carbocycles. The number of fused-ring (bicyclic) bond motifs is 5. The van der Waals surface area contributed by atoms with Crippen LogP contribution in [0.3, 0.4) is 0 Å². The first-order valence-corrected chi connectivity index (χ1v) is 15.1. The Morgan fingerprint density at radius 1 is 1.16 bits per heavy atom. The van der Waals surface area contributed by atoms with E-state index in [4.69, 9.17) is 8.74 Å². The molecule has 0 spiro atoms. The molecule has 12 atom stereocenters. The molecule has 0 aliphatic heterocycles. The normalized spacial score (nSPS) is 45.4. The minimum absolute atomic E-state index is 0.0106. The molecule has 8 nitrogen and oxygen atoms in total. The van der Waals surface area contributed by atoms with Crippen molar-refractivity contribution < 1.29 is 37.6 Å². The Morgan fingerprint density at radius 3 is 2.41 bits per heavy atom. The standard InChI is InChI=1S/C28H46O8S/c1-14(2)16(4)20(29)11-15(3)19-12-21(30)24-17-7-8-18-26(32)23(36-37(33,34)35)9-10-27(18,5)25(17)22(31)13-28(19,24)6/h8,14-15,17,19-26,29-32H,4,7,9-13H2,1-3,5-6H3,(H,33,34,35)/t15-,17+,19-,20-,21-,22+,23+,24-,25-,26-,27+,28-/m1/s1. The lowest BCUT2D eigenvalue weighted by Crippen LogP contribution is -2.60. The van der Waals surface area contributed by atoms with Crippen LogP contribution < -0.4 is 0 Å². The second-order valence-corrected chi connectivity index (χ2v) is 14.3. The number of hydrogen-bond donors (Lipinski definition) is 5. The third-order valence-corrected chi connectivity index (χ3v) is 11.3. The van der Waals surface area contributed by atoms with E-state index in [9.17, 15) is 28.8 Å². The van der Waals surface area contributed by atoms with Crippen LogP contribution in [0, 0.1) is 46.3 Å². The molecule has 3 fully saturated rings. The zero-order valence-corrected chi connectivity index (χ0v) is 23.6. The van der Waals surface area contributed by atoms with Gasteiger partial charge in [0, 0.05) is 0 Å². The molecule has 4 rings (SSSR count). The van der Waals surface area contributed by atoms with Crippen LogP contribution in [-0.4, -0.2) is 63.9 Å². The van der Waals surface area contributed by atoms with Crippen molar-refractivity contribution in [1.29, 1.82) is 0 Å². The number of allylic oxidation sites excluding steroid dienone is 1. The molecule has 212 valence electrons. The van der Waals surface area contributed by atoms with Crippen LogP contribution in [0.25, 0.3) is 0 Å². The lowest BCUT2D eigenvalue weighted by atomic mass is 9.45. The van der Waals surface area contributed by atoms with Crippen LogP contribution in [0.2, 0.25) is 0 Å². The molecule has 0 unspecified atom stereocenters. The Kier molecular flexibility index (Phi) is 7.87. The fraction of sp³-hybridized carbons (Fsp3) is 0.857. The van der Waals surface area contributed by atoms with Gasteiger partial charge in [-0.2, -0.15) is 8.42 Å². The predicted octanol–water partition coefficient (Wildman–Crippen LogP) is 3.27. The summed E-state index contributed by atoms with van der Waals surface area (Å²) in [4.78, 5) is 0. The zero-order valence-electron chi connectivity index (χ0n) is 22.7. The highest BCUT2D eigenvalue weighted by Gasteiger charge is 2.65. The van der Waals surface area contributed by atoms with Gasteiger partial charge >= 0.3 is 10.4 Å². The predicted molar refractivity (Wildman–Crippen MR) is 140 cm³/mol. The average Bonchev–Trinajstić information content (AvgIpc) is 3.04. The highest BCUT2D eigenvalue weighted by atomic mass is 32.3. The van der Waals surface area contributed by atoms with Crippen LogP contribution in [0.4, 0.5) is 0 Å². The molecule has 4 aliphatic carbocycles. The van der Waals surface area contributed by atoms with Gasteiger partial charge in [-0.1, -0.05) is 47.3 Å². The number of aliphatic hydroxyl groups is 4. The van der Waals surface area contributed by atoms with Crippen LogP contribution in [0.1, 0.15) is 73.1 Å². The summed E-state index contributed by atoms with van der Waals surface area (Å²) in [7, 11) is -4.70. The van der Waals surface area contributed by atoms with Crippen LogP contribution in [0.5, 0.6) is 0 Å². The minimum atomic E-state index is -4.70. The highest BCUT2D eigenvalue weighted by molar-refractivity contribution is 7.80. The van der Waals surface area contributed by atoms with Gasteiger partial charge < -0.3 is 20.4 Å². The zero-order chi connectivity index (χ0) is 27.7. The third-order valence-electron chi connectivity index (χ3n) is 10.8. The second kappa shape index (κ2) is 9.98. The van der Waals surface area contributed by atoms with Crippen molar-refractivity contribution in [3.05, 3.63) is 23.8 Å². The average molecular weight is 543 g/mol. The van der Waals surface area contributed by atoms with Crippen LogP contribution >= 0.6 is 0 Å². The molecule has 0 radical (unpaired) electrons. The first-order valence-electron chi connectivity index (χ1n) is 13.8. The first kappa shape index (κ1) is 29.2. The van der Waals surface area contributed by atoms with Gasteiger partial charge in [0.2, 0.25) is 0 Å². The summed E-state index contributed by atoms with van der Waals surface area (Å²) >= 11 is 0. The van der Waals surface area contributed by atoms with E-state index < -0.39 is 46.3 Å². The summed E-state index contributed by atoms with van der Waals surface area (Å²) in [5, 5.41) is 44.9. The van der Waals surface area contributed by atoms with E-state index in [-0.39, 0.29) is 47.3 Å². The maximum atomic E-state index is 11.7. The molecule has 0 saturated heterocycles. The number of aliphatic hydroxyl groups excluding tert-OH is 4. The monoisotopic (exact) mass is 542 g/mol. The molecule has 5 N–H and O–H groups in total. The van der Waals surface area contributed by atoms with Crippen molar-refractivity contribution in [3.63, 3.8) is 0 Å². The molecule has 0 aromatic carbocycles. The fourth-order valence-electron chi connectivity index (χ4n) is 9.15. The molecule has 0 bridgehead atoms. The van der Waals surface area contributed by atoms with E-state index in [1.54, 1.807) is 0 Å². The van der Waals surface area contributed by atoms with Crippen molar-refractivity contribution >= 4 is 10.4 Å². The van der Waals surface area contributed by atoms with Gasteiger partial charge in [-0.3, -0.25) is 4.55 Å². The SMILES string of the molecule is C=C(C(C)C)[C@H](O)C[C@@H](C)[C@H]1C[C@@H](O)[C@H]2[C@@H]3CC=C4[C@@H](O)[C@@H](OS(=O)(=O)O)CC[C@]4(C)[C@H]3[C@@H](O)C[C@@]21C. The van der Waals surface area contributed by atoms with Crippen LogP contribution in [0.15, 0.2) is 23.8 Å². The Bertz CT molecular complexity index is 1020. The highest BCUT2D eigenvalue weighted by Crippen LogP contribution is 2.67. The van der Waals surface area contributed by atoms with Crippen molar-refractivity contribution in [2.24, 2.45) is 46.3 Å². The maximum absolute atomic E-state index is 11.7. The third kappa shape index (κ3) is 4.98. The lowest BCUT2D eigenvalue weighted by molar-refractivity contribution is -0.150. The first-order chi connectivity index (χ1) is 17.0. The van der Waals surface area contributed by atoms with E-state index in [1.807, 2.05) is 26.8 Å². The summed E-state index contributed by atoms with van der Waals surface area (Å²) in [6.07, 6.45) is 0.925. The summed E-state index contributed by atoms with van der Waals surface area (Å²) in [5.74, 6) is 0.254. The van der Waals surface area contributed by atoms with Crippen molar-refractivity contribution in [2.45, 2.75) is 104 Å². The van der Waals surface area contributed by atoms with E-state index in [0.717, 1.165) is 5.57 Å². The molecule has 0 amide bonds. The smallest absolute Gasteiger partial charge is 0.393 e. The molecule has 4 aliphatic rings. The Morgan fingerprint density at radius 2 is 1.81 bits per heavy atom. The van der Waals surface area contributed by atoms with E-state index in [2.05, 4.69) is 20.4 Å². The quantitative estimate of drug-likeness (QED) is 0.244. The van der Waals surface area contributed by atoms with Crippen molar-refractivity contribution in [1.82, 2.24) is 0 Å². The van der Waals surface area contributed by atoms with Gasteiger partial charge in [0.15, 0.2) is 0 Å². The molecule has 9 heteroatoms. The lowest BCUT2D eigenvalue weighted by Gasteiger charge is -2.60. The van der Waals surface area contributed by atoms with Crippen molar-refractivity contribution in [2.75, 3.05) is 0 Å². The molecule has 37 heavy (non-hydrogen) atoms. The van der Waals surface area contributed by atoms with E-state index in [0.29, 0.717) is 37.7 Å². The van der Waals surface area contributed by atoms with Gasteiger partial charge in [-0.05, 0) is 96.0 Å². The summed E-state index contributed by atoms with van der Waals surface area (Å²) in [5.41, 5.74) is 0.602. The number of rotatable bonds is 7. The molecule has 0 heterocycles. The molecular weight excluding hydrogens is 496 g/mol. The minimum Gasteiger partial charge on any atom is -0.393 e. The van der Waals surface area contributed by atoms with Crippen LogP contribution in [-0.2, 0) is 14.6 Å². The number of hydrogen-bond acceptors (Lipinski definition) is 7. The summed E-state index contributed by atoms with van der Waals surface area (Å²) in [6.45, 7) is 14.4. The van der Waals surface area contributed by atoms with Gasteiger partial charge in [-0.25, -0.2) is 4.18 Å². The Labute approximate surface area is 221 Å². The van der Waals surface area contributed by atoms with Crippen molar-refractivity contribution in [3.8, 4) is 0 Å². The van der Waals surface area contributed by atoms with Gasteiger partial charge in [-0.15, -0.1) is 0 Å². The topological polar surface area (TPSA) is 145 Å². The van der Waals surface area contributed by atoms with Gasteiger partial charge in [0.1, 0.15) is 12.2 Å². The largest absolute Gasteiger partial charge is 0.397 e. The summed E-state index contributed by atoms with van der Waals surface area (Å²) in [6, 6.07) is 0. The van der Waals surface area contributed by atoms with E-state index >= 15 is 0 Å². The second-order valence-electron chi connectivity index (χ2n) is 13.2. The maximum Gasteiger partial charge on any atom is 0.397 e. The molecular formula is C28H46O8S. The Balaban J connectivity index is 1.61. The van der Waals surface area contributed by atoms with Gasteiger partial charge in [0.05, 0.1) is 18.3 Å². The molecule has 0 aromatic heterocycles. The Hall–Kier alpha value is -0.810. The molecule has 0 aromatic rings. The van der Waals surface area contributed by atoms with Gasteiger partial charge in [0.25, 0.3) is 0 Å². The summed E-state index contributed by atoms with van der Waals surface area (Å²) < 4.78 is 36.5. The fourth-order valence-corrected chi connectivity index (χ4v) is 9.67. The van der Waals surface area contributed by atoms with E-state index in [1.165, 1.54) is 0 Å².